The Kier molecular flexibility index (Phi) is 2.64. The second-order valence-corrected chi connectivity index (χ2v) is 5.73. The van der Waals surface area contributed by atoms with E-state index in [-0.39, 0.29) is 0 Å². The maximum atomic E-state index is 11.6. The molecule has 0 radical (unpaired) electrons. The smallest absolute Gasteiger partial charge is 0.310 e. The number of aromatic nitrogens is 3. The summed E-state index contributed by atoms with van der Waals surface area (Å²) < 4.78 is 2.16. The Morgan fingerprint density at radius 3 is 2.61 bits per heavy atom. The van der Waals surface area contributed by atoms with Crippen molar-refractivity contribution in [3.63, 3.8) is 0 Å². The van der Waals surface area contributed by atoms with E-state index in [2.05, 4.69) is 14.8 Å². The Bertz CT molecular complexity index is 471. The Morgan fingerprint density at radius 2 is 2.06 bits per heavy atom. The van der Waals surface area contributed by atoms with E-state index in [1.165, 1.54) is 12.8 Å². The molecule has 5 heteroatoms. The van der Waals surface area contributed by atoms with E-state index in [1.807, 2.05) is 6.92 Å². The fourth-order valence-electron chi connectivity index (χ4n) is 3.16. The van der Waals surface area contributed by atoms with Gasteiger partial charge >= 0.3 is 5.97 Å². The van der Waals surface area contributed by atoms with Gasteiger partial charge in [-0.1, -0.05) is 12.8 Å². The summed E-state index contributed by atoms with van der Waals surface area (Å²) in [4.78, 5) is 11.6. The number of rotatable bonds is 4. The van der Waals surface area contributed by atoms with Crippen molar-refractivity contribution in [1.82, 2.24) is 14.8 Å². The molecule has 2 aliphatic carbocycles. The lowest BCUT2D eigenvalue weighted by molar-refractivity contribution is -0.148. The lowest BCUT2D eigenvalue weighted by Gasteiger charge is -2.23. The van der Waals surface area contributed by atoms with Crippen molar-refractivity contribution in [2.45, 2.75) is 57.9 Å². The zero-order valence-electron chi connectivity index (χ0n) is 10.7. The van der Waals surface area contributed by atoms with Gasteiger partial charge in [0.05, 0.1) is 5.41 Å². The van der Waals surface area contributed by atoms with E-state index in [0.29, 0.717) is 12.5 Å². The number of aryl methyl sites for hydroxylation is 1. The molecular formula is C13H19N3O2. The Morgan fingerprint density at radius 1 is 1.39 bits per heavy atom. The van der Waals surface area contributed by atoms with Crippen LogP contribution in [0.4, 0.5) is 0 Å². The first-order valence-electron chi connectivity index (χ1n) is 6.76. The summed E-state index contributed by atoms with van der Waals surface area (Å²) in [6.45, 7) is 1.96. The highest BCUT2D eigenvalue weighted by Gasteiger charge is 2.43. The van der Waals surface area contributed by atoms with E-state index in [0.717, 1.165) is 37.3 Å². The second kappa shape index (κ2) is 4.07. The number of hydrogen-bond donors (Lipinski definition) is 1. The summed E-state index contributed by atoms with van der Waals surface area (Å²) in [5.74, 6) is 1.13. The van der Waals surface area contributed by atoms with Crippen LogP contribution in [-0.4, -0.2) is 25.8 Å². The van der Waals surface area contributed by atoms with Crippen LogP contribution in [0.25, 0.3) is 0 Å². The predicted octanol–water partition coefficient (Wildman–Crippen LogP) is 2.11. The van der Waals surface area contributed by atoms with Crippen LogP contribution in [0, 0.1) is 12.3 Å². The van der Waals surface area contributed by atoms with Crippen molar-refractivity contribution >= 4 is 5.97 Å². The maximum absolute atomic E-state index is 11.6. The van der Waals surface area contributed by atoms with Crippen molar-refractivity contribution in [3.05, 3.63) is 11.6 Å². The lowest BCUT2D eigenvalue weighted by Crippen LogP contribution is -2.31. The first-order valence-corrected chi connectivity index (χ1v) is 6.76. The zero-order chi connectivity index (χ0) is 12.8. The molecule has 3 rings (SSSR count). The number of carboxylic acids is 1. The Labute approximate surface area is 106 Å². The van der Waals surface area contributed by atoms with E-state index in [9.17, 15) is 9.90 Å². The van der Waals surface area contributed by atoms with Crippen molar-refractivity contribution in [3.8, 4) is 0 Å². The van der Waals surface area contributed by atoms with E-state index < -0.39 is 11.4 Å². The molecule has 98 valence electrons. The molecule has 1 aromatic rings. The minimum atomic E-state index is -0.664. The molecule has 0 bridgehead atoms. The van der Waals surface area contributed by atoms with Crippen LogP contribution in [0.3, 0.4) is 0 Å². The highest BCUT2D eigenvalue weighted by Crippen LogP contribution is 2.43. The fraction of sp³-hybridized carbons (Fsp3) is 0.769. The van der Waals surface area contributed by atoms with Gasteiger partial charge in [-0.15, -0.1) is 10.2 Å². The quantitative estimate of drug-likeness (QED) is 0.887. The van der Waals surface area contributed by atoms with Crippen LogP contribution in [0.5, 0.6) is 0 Å². The molecule has 1 N–H and O–H groups in total. The molecule has 1 heterocycles. The molecule has 2 fully saturated rings. The van der Waals surface area contributed by atoms with Gasteiger partial charge in [-0.25, -0.2) is 0 Å². The molecule has 5 nitrogen and oxygen atoms in total. The monoisotopic (exact) mass is 249 g/mol. The average molecular weight is 249 g/mol. The minimum Gasteiger partial charge on any atom is -0.481 e. The largest absolute Gasteiger partial charge is 0.481 e. The number of nitrogens with zero attached hydrogens (tertiary/aromatic N) is 3. The first kappa shape index (κ1) is 11.7. The first-order chi connectivity index (χ1) is 8.62. The number of aliphatic carboxylic acids is 1. The summed E-state index contributed by atoms with van der Waals surface area (Å²) in [5.41, 5.74) is -0.591. The van der Waals surface area contributed by atoms with E-state index >= 15 is 0 Å². The summed E-state index contributed by atoms with van der Waals surface area (Å²) in [5, 5.41) is 17.9. The standard InChI is InChI=1S/C13H19N3O2/c1-9-14-15-11(16(9)10-4-5-10)8-13(12(17)18)6-2-3-7-13/h10H,2-8H2,1H3,(H,17,18). The molecular weight excluding hydrogens is 230 g/mol. The Balaban J connectivity index is 1.89. The Hall–Kier alpha value is -1.39. The third-order valence-electron chi connectivity index (χ3n) is 4.36. The van der Waals surface area contributed by atoms with E-state index in [1.54, 1.807) is 0 Å². The summed E-state index contributed by atoms with van der Waals surface area (Å²) in [6.07, 6.45) is 6.47. The molecule has 18 heavy (non-hydrogen) atoms. The SMILES string of the molecule is Cc1nnc(CC2(C(=O)O)CCCC2)n1C1CC1. The van der Waals surface area contributed by atoms with Crippen molar-refractivity contribution in [1.29, 1.82) is 0 Å². The number of hydrogen-bond acceptors (Lipinski definition) is 3. The molecule has 0 aromatic carbocycles. The van der Waals surface area contributed by atoms with Gasteiger partial charge in [0.2, 0.25) is 0 Å². The summed E-state index contributed by atoms with van der Waals surface area (Å²) in [7, 11) is 0. The molecule has 0 saturated heterocycles. The molecule has 0 atom stereocenters. The molecule has 2 aliphatic rings. The van der Waals surface area contributed by atoms with Gasteiger partial charge in [0.1, 0.15) is 11.6 Å². The molecule has 0 spiro atoms. The van der Waals surface area contributed by atoms with Crippen molar-refractivity contribution in [2.75, 3.05) is 0 Å². The van der Waals surface area contributed by atoms with Crippen LogP contribution < -0.4 is 0 Å². The normalized spacial score (nSPS) is 22.3. The van der Waals surface area contributed by atoms with Gasteiger partial charge in [-0.3, -0.25) is 4.79 Å². The molecule has 2 saturated carbocycles. The summed E-state index contributed by atoms with van der Waals surface area (Å²) >= 11 is 0. The van der Waals surface area contributed by atoms with Gasteiger partial charge in [-0.2, -0.15) is 0 Å². The van der Waals surface area contributed by atoms with Gasteiger partial charge in [-0.05, 0) is 32.6 Å². The van der Waals surface area contributed by atoms with Crippen LogP contribution in [-0.2, 0) is 11.2 Å². The number of carbonyl (C=O) groups is 1. The van der Waals surface area contributed by atoms with Crippen molar-refractivity contribution < 1.29 is 9.90 Å². The average Bonchev–Trinajstić information content (AvgIpc) is 2.93. The highest BCUT2D eigenvalue weighted by atomic mass is 16.4. The van der Waals surface area contributed by atoms with E-state index in [4.69, 9.17) is 0 Å². The third-order valence-corrected chi connectivity index (χ3v) is 4.36. The fourth-order valence-corrected chi connectivity index (χ4v) is 3.16. The summed E-state index contributed by atoms with van der Waals surface area (Å²) in [6, 6.07) is 0.516. The van der Waals surface area contributed by atoms with Crippen LogP contribution in [0.15, 0.2) is 0 Å². The van der Waals surface area contributed by atoms with Gasteiger partial charge in [0.25, 0.3) is 0 Å². The van der Waals surface area contributed by atoms with Gasteiger partial charge < -0.3 is 9.67 Å². The predicted molar refractivity (Wildman–Crippen MR) is 65.3 cm³/mol. The van der Waals surface area contributed by atoms with Gasteiger partial charge in [0, 0.05) is 12.5 Å². The molecule has 0 unspecified atom stereocenters. The van der Waals surface area contributed by atoms with Crippen molar-refractivity contribution in [2.24, 2.45) is 5.41 Å². The number of carboxylic acid groups (broad SMARTS) is 1. The van der Waals surface area contributed by atoms with Crippen LogP contribution in [0.2, 0.25) is 0 Å². The van der Waals surface area contributed by atoms with Gasteiger partial charge in [0.15, 0.2) is 0 Å². The molecule has 1 aromatic heterocycles. The molecule has 0 amide bonds. The minimum absolute atomic E-state index is 0.516. The van der Waals surface area contributed by atoms with Crippen LogP contribution in [0.1, 0.15) is 56.2 Å². The molecule has 0 aliphatic heterocycles. The third kappa shape index (κ3) is 1.82. The van der Waals surface area contributed by atoms with Crippen LogP contribution >= 0.6 is 0 Å². The lowest BCUT2D eigenvalue weighted by atomic mass is 9.82. The highest BCUT2D eigenvalue weighted by molar-refractivity contribution is 5.75. The second-order valence-electron chi connectivity index (χ2n) is 5.73. The maximum Gasteiger partial charge on any atom is 0.310 e. The zero-order valence-corrected chi connectivity index (χ0v) is 10.7. The topological polar surface area (TPSA) is 68.0 Å².